The van der Waals surface area contributed by atoms with Crippen LogP contribution in [-0.2, 0) is 0 Å². The van der Waals surface area contributed by atoms with Crippen molar-refractivity contribution in [1.82, 2.24) is 14.9 Å². The van der Waals surface area contributed by atoms with E-state index < -0.39 is 0 Å². The Hall–Kier alpha value is -2.51. The number of fused-ring (bicyclic) bond motifs is 1. The van der Waals surface area contributed by atoms with Crippen LogP contribution in [0.5, 0.6) is 5.75 Å². The molecule has 0 unspecified atom stereocenters. The molecule has 2 aromatic heterocycles. The number of methoxy groups -OCH3 is 1. The molecular weight excluding hydrogens is 360 g/mol. The van der Waals surface area contributed by atoms with Gasteiger partial charge < -0.3 is 14.5 Å². The van der Waals surface area contributed by atoms with E-state index in [-0.39, 0.29) is 5.56 Å². The van der Waals surface area contributed by atoms with Crippen molar-refractivity contribution in [3.63, 3.8) is 0 Å². The third-order valence-corrected chi connectivity index (χ3v) is 5.55. The minimum Gasteiger partial charge on any atom is -0.497 e. The molecule has 0 N–H and O–H groups in total. The molecule has 7 heteroatoms. The van der Waals surface area contributed by atoms with Gasteiger partial charge in [-0.1, -0.05) is 25.2 Å². The third kappa shape index (κ3) is 4.43. The lowest BCUT2D eigenvalue weighted by Gasteiger charge is -2.27. The zero-order chi connectivity index (χ0) is 19.2. The largest absolute Gasteiger partial charge is 0.497 e. The van der Waals surface area contributed by atoms with Gasteiger partial charge in [-0.05, 0) is 49.5 Å². The molecule has 3 aromatic rings. The number of anilines is 2. The second kappa shape index (κ2) is 8.92. The van der Waals surface area contributed by atoms with E-state index in [2.05, 4.69) is 33.6 Å². The molecule has 0 aliphatic rings. The maximum Gasteiger partial charge on any atom is 0.282 e. The van der Waals surface area contributed by atoms with E-state index in [1.54, 1.807) is 25.4 Å². The molecule has 0 spiro atoms. The van der Waals surface area contributed by atoms with E-state index in [4.69, 9.17) is 4.74 Å². The Bertz CT molecular complexity index is 939. The highest BCUT2D eigenvalue weighted by molar-refractivity contribution is 7.21. The molecule has 0 fully saturated rings. The van der Waals surface area contributed by atoms with Crippen molar-refractivity contribution >= 4 is 32.4 Å². The maximum atomic E-state index is 12.5. The number of rotatable bonds is 8. The summed E-state index contributed by atoms with van der Waals surface area (Å²) in [5.74, 6) is 0.795. The van der Waals surface area contributed by atoms with Crippen LogP contribution in [0, 0.1) is 0 Å². The van der Waals surface area contributed by atoms with Gasteiger partial charge in [0.15, 0.2) is 5.13 Å². The van der Waals surface area contributed by atoms with Crippen molar-refractivity contribution < 1.29 is 4.74 Å². The molecule has 142 valence electrons. The van der Waals surface area contributed by atoms with Crippen LogP contribution in [0.3, 0.4) is 0 Å². The van der Waals surface area contributed by atoms with E-state index in [1.165, 1.54) is 11.3 Å². The third-order valence-electron chi connectivity index (χ3n) is 4.54. The van der Waals surface area contributed by atoms with Gasteiger partial charge in [0.1, 0.15) is 10.6 Å². The molecule has 0 atom stereocenters. The van der Waals surface area contributed by atoms with Crippen LogP contribution in [0.4, 0.5) is 10.8 Å². The molecule has 2 heterocycles. The number of nitrogens with zero attached hydrogens (tertiary/aromatic N) is 4. The number of hydrogen-bond acceptors (Lipinski definition) is 7. The summed E-state index contributed by atoms with van der Waals surface area (Å²) in [4.78, 5) is 26.3. The van der Waals surface area contributed by atoms with Gasteiger partial charge in [-0.3, -0.25) is 4.79 Å². The molecule has 3 rings (SSSR count). The highest BCUT2D eigenvalue weighted by Gasteiger charge is 2.16. The van der Waals surface area contributed by atoms with Crippen LogP contribution in [0.25, 0.3) is 10.2 Å². The molecule has 0 aliphatic carbocycles. The summed E-state index contributed by atoms with van der Waals surface area (Å²) in [6, 6.07) is 11.3. The summed E-state index contributed by atoms with van der Waals surface area (Å²) < 4.78 is 5.26. The Balaban J connectivity index is 2.01. The first kappa shape index (κ1) is 19.3. The first-order valence-electron chi connectivity index (χ1n) is 9.06. The number of ether oxygens (including phenoxy) is 1. The zero-order valence-electron chi connectivity index (χ0n) is 15.9. The smallest absolute Gasteiger partial charge is 0.282 e. The summed E-state index contributed by atoms with van der Waals surface area (Å²) in [5, 5.41) is 1.22. The maximum absolute atomic E-state index is 12.5. The van der Waals surface area contributed by atoms with Gasteiger partial charge in [-0.15, -0.1) is 0 Å². The monoisotopic (exact) mass is 384 g/mol. The Morgan fingerprint density at radius 3 is 2.48 bits per heavy atom. The van der Waals surface area contributed by atoms with E-state index >= 15 is 0 Å². The minimum absolute atomic E-state index is 0.242. The summed E-state index contributed by atoms with van der Waals surface area (Å²) in [5.41, 5.74) is 0.731. The Labute approximate surface area is 163 Å². The van der Waals surface area contributed by atoms with Gasteiger partial charge in [0, 0.05) is 25.0 Å². The second-order valence-electron chi connectivity index (χ2n) is 6.03. The predicted octanol–water partition coefficient (Wildman–Crippen LogP) is 3.54. The SMILES string of the molecule is CCN(CC)CCN(c1ccc(OC)cc1)c1nc(=O)c2cccnc2s1. The van der Waals surface area contributed by atoms with Gasteiger partial charge in [0.2, 0.25) is 0 Å². The molecule has 1 aromatic carbocycles. The fourth-order valence-electron chi connectivity index (χ4n) is 2.89. The van der Waals surface area contributed by atoms with Crippen molar-refractivity contribution in [3.05, 3.63) is 52.9 Å². The van der Waals surface area contributed by atoms with Crippen LogP contribution < -0.4 is 15.2 Å². The Morgan fingerprint density at radius 2 is 1.81 bits per heavy atom. The number of benzene rings is 1. The lowest BCUT2D eigenvalue weighted by Crippen LogP contribution is -2.33. The summed E-state index contributed by atoms with van der Waals surface area (Å²) in [6.45, 7) is 7.87. The van der Waals surface area contributed by atoms with Gasteiger partial charge in [0.25, 0.3) is 5.56 Å². The summed E-state index contributed by atoms with van der Waals surface area (Å²) in [7, 11) is 1.65. The molecule has 0 radical (unpaired) electrons. The highest BCUT2D eigenvalue weighted by atomic mass is 32.1. The van der Waals surface area contributed by atoms with Crippen molar-refractivity contribution in [3.8, 4) is 5.75 Å². The molecular formula is C20H24N4O2S. The van der Waals surface area contributed by atoms with Crippen molar-refractivity contribution in [1.29, 1.82) is 0 Å². The van der Waals surface area contributed by atoms with Gasteiger partial charge in [-0.25, -0.2) is 4.98 Å². The van der Waals surface area contributed by atoms with Crippen LogP contribution >= 0.6 is 11.3 Å². The quantitative estimate of drug-likeness (QED) is 0.592. The lowest BCUT2D eigenvalue weighted by molar-refractivity contribution is 0.312. The Morgan fingerprint density at radius 1 is 1.07 bits per heavy atom. The van der Waals surface area contributed by atoms with Crippen molar-refractivity contribution in [2.45, 2.75) is 13.8 Å². The van der Waals surface area contributed by atoms with Crippen LogP contribution in [0.1, 0.15) is 13.8 Å². The van der Waals surface area contributed by atoms with E-state index in [0.29, 0.717) is 15.3 Å². The normalized spacial score (nSPS) is 11.1. The van der Waals surface area contributed by atoms with Gasteiger partial charge in [-0.2, -0.15) is 4.98 Å². The molecule has 0 amide bonds. The van der Waals surface area contributed by atoms with E-state index in [9.17, 15) is 4.79 Å². The molecule has 6 nitrogen and oxygen atoms in total. The molecule has 0 bridgehead atoms. The molecule has 0 aliphatic heterocycles. The second-order valence-corrected chi connectivity index (χ2v) is 6.99. The van der Waals surface area contributed by atoms with E-state index in [1.807, 2.05) is 24.3 Å². The van der Waals surface area contributed by atoms with Gasteiger partial charge in [0.05, 0.1) is 12.5 Å². The molecule has 0 saturated heterocycles. The molecule has 27 heavy (non-hydrogen) atoms. The summed E-state index contributed by atoms with van der Waals surface area (Å²) in [6.07, 6.45) is 1.70. The first-order chi connectivity index (χ1) is 13.2. The van der Waals surface area contributed by atoms with Crippen LogP contribution in [0.2, 0.25) is 0 Å². The number of likely N-dealkylation sites (N-methyl/N-ethyl adjacent to an activating group) is 1. The van der Waals surface area contributed by atoms with E-state index in [0.717, 1.165) is 37.6 Å². The van der Waals surface area contributed by atoms with Crippen molar-refractivity contribution in [2.24, 2.45) is 0 Å². The van der Waals surface area contributed by atoms with Gasteiger partial charge >= 0.3 is 0 Å². The average molecular weight is 385 g/mol. The van der Waals surface area contributed by atoms with Crippen LogP contribution in [0.15, 0.2) is 47.4 Å². The average Bonchev–Trinajstić information content (AvgIpc) is 2.71. The highest BCUT2D eigenvalue weighted by Crippen LogP contribution is 2.30. The lowest BCUT2D eigenvalue weighted by atomic mass is 10.2. The standard InChI is InChI=1S/C20H24N4O2S/c1-4-23(5-2)13-14-24(15-8-10-16(26-3)11-9-15)20-22-18(25)17-7-6-12-21-19(17)27-20/h6-12H,4-5,13-14H2,1-3H3. The fraction of sp³-hybridized carbons (Fsp3) is 0.350. The molecule has 0 saturated carbocycles. The van der Waals surface area contributed by atoms with Crippen LogP contribution in [-0.4, -0.2) is 48.2 Å². The van der Waals surface area contributed by atoms with Crippen molar-refractivity contribution in [2.75, 3.05) is 38.2 Å². The Kier molecular flexibility index (Phi) is 6.36. The number of hydrogen-bond donors (Lipinski definition) is 0. The topological polar surface area (TPSA) is 58.6 Å². The minimum atomic E-state index is -0.242. The predicted molar refractivity (Wildman–Crippen MR) is 111 cm³/mol. The fourth-order valence-corrected chi connectivity index (χ4v) is 3.87. The first-order valence-corrected chi connectivity index (χ1v) is 9.87. The zero-order valence-corrected chi connectivity index (χ0v) is 16.7. The number of aromatic nitrogens is 2. The number of pyridine rings is 1. The summed E-state index contributed by atoms with van der Waals surface area (Å²) >= 11 is 1.43.